The minimum Gasteiger partial charge on any atom is -0.356 e. The summed E-state index contributed by atoms with van der Waals surface area (Å²) in [7, 11) is 0. The van der Waals surface area contributed by atoms with Crippen molar-refractivity contribution in [1.29, 1.82) is 0 Å². The summed E-state index contributed by atoms with van der Waals surface area (Å²) in [6.07, 6.45) is 10.8. The van der Waals surface area contributed by atoms with Crippen molar-refractivity contribution < 1.29 is 4.79 Å². The number of allylic oxidation sites excluding steroid dienone is 1. The molecular formula is C13H23NO. The lowest BCUT2D eigenvalue weighted by atomic mass is 9.71. The lowest BCUT2D eigenvalue weighted by molar-refractivity contribution is -0.119. The van der Waals surface area contributed by atoms with E-state index in [2.05, 4.69) is 11.9 Å². The fraction of sp³-hybridized carbons (Fsp3) is 0.769. The molecule has 1 amide bonds. The monoisotopic (exact) mass is 209 g/mol. The summed E-state index contributed by atoms with van der Waals surface area (Å²) in [5.41, 5.74) is 0.359. The molecule has 2 heteroatoms. The van der Waals surface area contributed by atoms with Gasteiger partial charge in [-0.25, -0.2) is 0 Å². The third-order valence-corrected chi connectivity index (χ3v) is 3.51. The van der Waals surface area contributed by atoms with E-state index in [1.807, 2.05) is 6.08 Å². The average Bonchev–Trinajstić information content (AvgIpc) is 2.25. The van der Waals surface area contributed by atoms with Crippen molar-refractivity contribution in [3.63, 3.8) is 0 Å². The Bertz CT molecular complexity index is 217. The van der Waals surface area contributed by atoms with Gasteiger partial charge in [-0.15, -0.1) is 6.58 Å². The smallest absolute Gasteiger partial charge is 0.216 e. The van der Waals surface area contributed by atoms with Crippen LogP contribution >= 0.6 is 0 Å². The van der Waals surface area contributed by atoms with E-state index in [-0.39, 0.29) is 5.91 Å². The van der Waals surface area contributed by atoms with Crippen LogP contribution in [0.1, 0.15) is 51.9 Å². The second-order valence-corrected chi connectivity index (χ2v) is 4.80. The first-order valence-corrected chi connectivity index (χ1v) is 6.04. The molecule has 0 atom stereocenters. The highest BCUT2D eigenvalue weighted by molar-refractivity contribution is 5.72. The Morgan fingerprint density at radius 1 is 1.40 bits per heavy atom. The van der Waals surface area contributed by atoms with Gasteiger partial charge in [-0.05, 0) is 31.1 Å². The molecule has 0 saturated heterocycles. The molecule has 0 aromatic carbocycles. The third-order valence-electron chi connectivity index (χ3n) is 3.51. The van der Waals surface area contributed by atoms with E-state index in [9.17, 15) is 4.79 Å². The standard InChI is InChI=1S/C13H23NO/c1-3-4-8-13(11-14-12(2)15)9-6-5-7-10-13/h3H,1,4-11H2,2H3,(H,14,15). The van der Waals surface area contributed by atoms with Crippen molar-refractivity contribution in [3.8, 4) is 0 Å². The van der Waals surface area contributed by atoms with Crippen LogP contribution in [0.25, 0.3) is 0 Å². The van der Waals surface area contributed by atoms with Crippen LogP contribution in [-0.2, 0) is 4.79 Å². The summed E-state index contributed by atoms with van der Waals surface area (Å²) < 4.78 is 0. The zero-order valence-electron chi connectivity index (χ0n) is 9.85. The van der Waals surface area contributed by atoms with Gasteiger partial charge in [0.25, 0.3) is 0 Å². The minimum absolute atomic E-state index is 0.0959. The summed E-state index contributed by atoms with van der Waals surface area (Å²) in [5, 5.41) is 2.99. The highest BCUT2D eigenvalue weighted by atomic mass is 16.1. The minimum atomic E-state index is 0.0959. The molecule has 0 unspecified atom stereocenters. The molecule has 0 aromatic rings. The van der Waals surface area contributed by atoms with Gasteiger partial charge in [-0.2, -0.15) is 0 Å². The molecule has 0 radical (unpaired) electrons. The van der Waals surface area contributed by atoms with Gasteiger partial charge in [0.2, 0.25) is 5.91 Å². The second-order valence-electron chi connectivity index (χ2n) is 4.80. The van der Waals surface area contributed by atoms with Crippen molar-refractivity contribution in [2.75, 3.05) is 6.54 Å². The van der Waals surface area contributed by atoms with E-state index in [4.69, 9.17) is 0 Å². The van der Waals surface area contributed by atoms with E-state index in [0.29, 0.717) is 5.41 Å². The van der Waals surface area contributed by atoms with Gasteiger partial charge < -0.3 is 5.32 Å². The first-order chi connectivity index (χ1) is 7.18. The topological polar surface area (TPSA) is 29.1 Å². The van der Waals surface area contributed by atoms with Gasteiger partial charge >= 0.3 is 0 Å². The predicted molar refractivity (Wildman–Crippen MR) is 63.6 cm³/mol. The molecule has 2 nitrogen and oxygen atoms in total. The molecule has 86 valence electrons. The summed E-state index contributed by atoms with van der Waals surface area (Å²) in [6, 6.07) is 0. The van der Waals surface area contributed by atoms with Crippen molar-refractivity contribution in [1.82, 2.24) is 5.32 Å². The van der Waals surface area contributed by atoms with E-state index in [1.54, 1.807) is 6.92 Å². The Labute approximate surface area is 93.1 Å². The van der Waals surface area contributed by atoms with Crippen molar-refractivity contribution >= 4 is 5.91 Å². The van der Waals surface area contributed by atoms with Crippen molar-refractivity contribution in [2.45, 2.75) is 51.9 Å². The Morgan fingerprint density at radius 3 is 2.60 bits per heavy atom. The van der Waals surface area contributed by atoms with Crippen LogP contribution in [0.4, 0.5) is 0 Å². The van der Waals surface area contributed by atoms with Crippen molar-refractivity contribution in [2.24, 2.45) is 5.41 Å². The molecule has 0 bridgehead atoms. The van der Waals surface area contributed by atoms with Gasteiger partial charge in [0.15, 0.2) is 0 Å². The van der Waals surface area contributed by atoms with Crippen LogP contribution in [0.15, 0.2) is 12.7 Å². The zero-order valence-corrected chi connectivity index (χ0v) is 9.85. The van der Waals surface area contributed by atoms with E-state index >= 15 is 0 Å². The van der Waals surface area contributed by atoms with Gasteiger partial charge in [0.1, 0.15) is 0 Å². The zero-order chi connectivity index (χ0) is 11.1. The fourth-order valence-corrected chi connectivity index (χ4v) is 2.54. The molecule has 1 N–H and O–H groups in total. The van der Waals surface area contributed by atoms with Crippen LogP contribution < -0.4 is 5.32 Å². The van der Waals surface area contributed by atoms with E-state index in [1.165, 1.54) is 38.5 Å². The molecule has 0 aliphatic heterocycles. The first-order valence-electron chi connectivity index (χ1n) is 6.04. The molecule has 1 saturated carbocycles. The number of hydrogen-bond donors (Lipinski definition) is 1. The van der Waals surface area contributed by atoms with Crippen molar-refractivity contribution in [3.05, 3.63) is 12.7 Å². The molecule has 1 aliphatic rings. The number of rotatable bonds is 5. The van der Waals surface area contributed by atoms with Crippen LogP contribution in [0.5, 0.6) is 0 Å². The van der Waals surface area contributed by atoms with Gasteiger partial charge in [-0.3, -0.25) is 4.79 Å². The maximum absolute atomic E-state index is 11.0. The second kappa shape index (κ2) is 5.94. The maximum Gasteiger partial charge on any atom is 0.216 e. The highest BCUT2D eigenvalue weighted by Gasteiger charge is 2.31. The fourth-order valence-electron chi connectivity index (χ4n) is 2.54. The summed E-state index contributed by atoms with van der Waals surface area (Å²) >= 11 is 0. The lowest BCUT2D eigenvalue weighted by Crippen LogP contribution is -2.38. The molecule has 1 aliphatic carbocycles. The number of hydrogen-bond acceptors (Lipinski definition) is 1. The molecule has 0 spiro atoms. The summed E-state index contributed by atoms with van der Waals surface area (Å²) in [5.74, 6) is 0.0959. The average molecular weight is 209 g/mol. The Kier molecular flexibility index (Phi) is 4.86. The van der Waals surface area contributed by atoms with E-state index in [0.717, 1.165) is 13.0 Å². The van der Waals surface area contributed by atoms with E-state index < -0.39 is 0 Å². The molecule has 0 heterocycles. The number of nitrogens with one attached hydrogen (secondary N) is 1. The molecule has 1 fully saturated rings. The third kappa shape index (κ3) is 4.06. The maximum atomic E-state index is 11.0. The molecule has 15 heavy (non-hydrogen) atoms. The summed E-state index contributed by atoms with van der Waals surface area (Å²) in [4.78, 5) is 11.0. The quantitative estimate of drug-likeness (QED) is 0.693. The normalized spacial score (nSPS) is 19.5. The largest absolute Gasteiger partial charge is 0.356 e. The van der Waals surface area contributed by atoms with Crippen LogP contribution in [-0.4, -0.2) is 12.5 Å². The van der Waals surface area contributed by atoms with Gasteiger partial charge in [0, 0.05) is 13.5 Å². The lowest BCUT2D eigenvalue weighted by Gasteiger charge is -2.37. The SMILES string of the molecule is C=CCCC1(CNC(C)=O)CCCCC1. The van der Waals surface area contributed by atoms with Gasteiger partial charge in [0.05, 0.1) is 0 Å². The van der Waals surface area contributed by atoms with Crippen LogP contribution in [0.2, 0.25) is 0 Å². The number of carbonyl (C=O) groups excluding carboxylic acids is 1. The first kappa shape index (κ1) is 12.3. The molecule has 1 rings (SSSR count). The number of amides is 1. The molecular weight excluding hydrogens is 186 g/mol. The summed E-state index contributed by atoms with van der Waals surface area (Å²) in [6.45, 7) is 6.24. The van der Waals surface area contributed by atoms with Crippen LogP contribution in [0, 0.1) is 5.41 Å². The van der Waals surface area contributed by atoms with Crippen LogP contribution in [0.3, 0.4) is 0 Å². The van der Waals surface area contributed by atoms with Gasteiger partial charge in [-0.1, -0.05) is 25.3 Å². The Hall–Kier alpha value is -0.790. The Morgan fingerprint density at radius 2 is 2.07 bits per heavy atom. The number of carbonyl (C=O) groups is 1. The molecule has 0 aromatic heterocycles. The predicted octanol–water partition coefficient (Wildman–Crippen LogP) is 3.04. The highest BCUT2D eigenvalue weighted by Crippen LogP contribution is 2.39. The Balaban J connectivity index is 2.49.